The molecule has 0 radical (unpaired) electrons. The summed E-state index contributed by atoms with van der Waals surface area (Å²) in [5.74, 6) is 1.74. The molecule has 4 nitrogen and oxygen atoms in total. The van der Waals surface area contributed by atoms with E-state index in [-0.39, 0.29) is 0 Å². The molecule has 7 atom stereocenters. The summed E-state index contributed by atoms with van der Waals surface area (Å²) in [6, 6.07) is 0. The van der Waals surface area contributed by atoms with Crippen molar-refractivity contribution in [2.24, 2.45) is 23.5 Å². The number of hydrogen-bond donors (Lipinski definition) is 1. The Morgan fingerprint density at radius 2 is 1.74 bits per heavy atom. The highest BCUT2D eigenvalue weighted by Gasteiger charge is 2.46. The second kappa shape index (κ2) is 4.85. The van der Waals surface area contributed by atoms with E-state index < -0.39 is 0 Å². The lowest BCUT2D eigenvalue weighted by molar-refractivity contribution is 0.0267. The molecular weight excluding hydrogens is 242 g/mol. The molecule has 2 N–H and O–H groups in total. The van der Waals surface area contributed by atoms with Gasteiger partial charge in [0.15, 0.2) is 0 Å². The summed E-state index contributed by atoms with van der Waals surface area (Å²) in [5, 5.41) is 0. The normalized spacial score (nSPS) is 50.5. The summed E-state index contributed by atoms with van der Waals surface area (Å²) in [4.78, 5) is 0. The minimum atomic E-state index is 0.308. The number of ether oxygens (including phenoxy) is 3. The van der Waals surface area contributed by atoms with Gasteiger partial charge in [0.25, 0.3) is 0 Å². The average molecular weight is 265 g/mol. The maximum Gasteiger partial charge on any atom is 0.0816 e. The Morgan fingerprint density at radius 3 is 2.37 bits per heavy atom. The molecule has 7 unspecified atom stereocenters. The molecule has 4 aliphatic heterocycles. The van der Waals surface area contributed by atoms with Crippen LogP contribution in [0.3, 0.4) is 0 Å². The molecule has 106 valence electrons. The fourth-order valence-electron chi connectivity index (χ4n) is 4.16. The van der Waals surface area contributed by atoms with E-state index in [1.165, 1.54) is 0 Å². The highest BCUT2D eigenvalue weighted by molar-refractivity contribution is 5.10. The van der Waals surface area contributed by atoms with Crippen molar-refractivity contribution in [3.05, 3.63) is 12.2 Å². The molecule has 4 heteroatoms. The lowest BCUT2D eigenvalue weighted by Crippen LogP contribution is -2.31. The van der Waals surface area contributed by atoms with Crippen molar-refractivity contribution in [2.75, 3.05) is 19.8 Å². The quantitative estimate of drug-likeness (QED) is 0.756. The Bertz CT molecular complexity index is 372. The van der Waals surface area contributed by atoms with Gasteiger partial charge in [-0.2, -0.15) is 0 Å². The van der Waals surface area contributed by atoms with Crippen molar-refractivity contribution in [2.45, 2.75) is 43.7 Å². The molecule has 19 heavy (non-hydrogen) atoms. The molecule has 4 bridgehead atoms. The topological polar surface area (TPSA) is 53.7 Å². The molecule has 0 saturated carbocycles. The van der Waals surface area contributed by atoms with E-state index in [0.717, 1.165) is 39.0 Å². The van der Waals surface area contributed by atoms with Crippen LogP contribution in [0.15, 0.2) is 12.2 Å². The van der Waals surface area contributed by atoms with Gasteiger partial charge < -0.3 is 19.9 Å². The van der Waals surface area contributed by atoms with Crippen molar-refractivity contribution in [3.8, 4) is 0 Å². The van der Waals surface area contributed by atoms with E-state index in [2.05, 4.69) is 12.2 Å². The van der Waals surface area contributed by atoms with E-state index in [9.17, 15) is 0 Å². The zero-order chi connectivity index (χ0) is 12.8. The fraction of sp³-hybridized carbons (Fsp3) is 0.867. The molecule has 0 aliphatic carbocycles. The summed E-state index contributed by atoms with van der Waals surface area (Å²) in [5.41, 5.74) is 5.75. The standard InChI is InChI=1S/C15H23NO3/c16-6-9-4-15-11(5-14(9)19-15)8-17-7-10-3-12-1-2-13(10)18-12/h1-2,9-15H,3-8,16H2. The summed E-state index contributed by atoms with van der Waals surface area (Å²) in [6.45, 7) is 2.44. The van der Waals surface area contributed by atoms with Crippen LogP contribution in [-0.4, -0.2) is 44.2 Å². The third-order valence-corrected chi connectivity index (χ3v) is 5.28. The van der Waals surface area contributed by atoms with Gasteiger partial charge in [-0.15, -0.1) is 0 Å². The minimum Gasteiger partial charge on any atom is -0.381 e. The predicted molar refractivity (Wildman–Crippen MR) is 70.7 cm³/mol. The molecule has 4 aliphatic rings. The molecule has 4 heterocycles. The minimum absolute atomic E-state index is 0.308. The van der Waals surface area contributed by atoms with Crippen molar-refractivity contribution < 1.29 is 14.2 Å². The zero-order valence-electron chi connectivity index (χ0n) is 11.2. The van der Waals surface area contributed by atoms with Crippen LogP contribution < -0.4 is 5.73 Å². The molecular formula is C15H23NO3. The Hall–Kier alpha value is -0.420. The van der Waals surface area contributed by atoms with Crippen molar-refractivity contribution in [1.29, 1.82) is 0 Å². The summed E-state index contributed by atoms with van der Waals surface area (Å²) >= 11 is 0. The van der Waals surface area contributed by atoms with Crippen molar-refractivity contribution in [1.82, 2.24) is 0 Å². The van der Waals surface area contributed by atoms with Crippen LogP contribution in [0.25, 0.3) is 0 Å². The molecule has 4 rings (SSSR count). The van der Waals surface area contributed by atoms with Crippen LogP contribution in [0.1, 0.15) is 19.3 Å². The van der Waals surface area contributed by atoms with Gasteiger partial charge in [-0.05, 0) is 31.7 Å². The molecule has 0 spiro atoms. The van der Waals surface area contributed by atoms with Crippen LogP contribution in [0.2, 0.25) is 0 Å². The zero-order valence-corrected chi connectivity index (χ0v) is 11.2. The summed E-state index contributed by atoms with van der Waals surface area (Å²) in [7, 11) is 0. The molecule has 0 aromatic carbocycles. The van der Waals surface area contributed by atoms with Gasteiger partial charge in [0.2, 0.25) is 0 Å². The van der Waals surface area contributed by atoms with Crippen molar-refractivity contribution in [3.63, 3.8) is 0 Å². The Morgan fingerprint density at radius 1 is 0.947 bits per heavy atom. The Balaban J connectivity index is 1.21. The SMILES string of the molecule is NCC1CC2OC1CC2COCC1CC2C=CC1O2. The molecule has 3 saturated heterocycles. The van der Waals surface area contributed by atoms with Gasteiger partial charge in [-0.3, -0.25) is 0 Å². The Labute approximate surface area is 114 Å². The first-order chi connectivity index (χ1) is 9.33. The number of fused-ring (bicyclic) bond motifs is 4. The van der Waals surface area contributed by atoms with Gasteiger partial charge in [0.1, 0.15) is 0 Å². The lowest BCUT2D eigenvalue weighted by atomic mass is 9.82. The smallest absolute Gasteiger partial charge is 0.0816 e. The second-order valence-electron chi connectivity index (χ2n) is 6.50. The summed E-state index contributed by atoms with van der Waals surface area (Å²) in [6.07, 6.45) is 9.23. The first kappa shape index (κ1) is 12.3. The van der Waals surface area contributed by atoms with E-state index in [4.69, 9.17) is 19.9 Å². The number of nitrogens with two attached hydrogens (primary N) is 1. The first-order valence-electron chi connectivity index (χ1n) is 7.60. The number of rotatable bonds is 5. The van der Waals surface area contributed by atoms with Crippen LogP contribution in [-0.2, 0) is 14.2 Å². The maximum absolute atomic E-state index is 5.96. The van der Waals surface area contributed by atoms with Gasteiger partial charge in [0, 0.05) is 11.8 Å². The second-order valence-corrected chi connectivity index (χ2v) is 6.50. The van der Waals surface area contributed by atoms with Crippen LogP contribution >= 0.6 is 0 Å². The van der Waals surface area contributed by atoms with Gasteiger partial charge in [-0.1, -0.05) is 12.2 Å². The number of hydrogen-bond acceptors (Lipinski definition) is 4. The summed E-state index contributed by atoms with van der Waals surface area (Å²) < 4.78 is 17.7. The Kier molecular flexibility index (Phi) is 3.14. The predicted octanol–water partition coefficient (Wildman–Crippen LogP) is 1.10. The average Bonchev–Trinajstić information content (AvgIpc) is 3.17. The van der Waals surface area contributed by atoms with E-state index >= 15 is 0 Å². The third kappa shape index (κ3) is 2.15. The molecule has 0 amide bonds. The molecule has 0 aromatic heterocycles. The van der Waals surface area contributed by atoms with Crippen molar-refractivity contribution >= 4 is 0 Å². The largest absolute Gasteiger partial charge is 0.381 e. The molecule has 3 fully saturated rings. The van der Waals surface area contributed by atoms with Crippen LogP contribution in [0, 0.1) is 17.8 Å². The van der Waals surface area contributed by atoms with Crippen LogP contribution in [0.4, 0.5) is 0 Å². The lowest BCUT2D eigenvalue weighted by Gasteiger charge is -2.24. The van der Waals surface area contributed by atoms with E-state index in [0.29, 0.717) is 42.2 Å². The third-order valence-electron chi connectivity index (χ3n) is 5.28. The van der Waals surface area contributed by atoms with Crippen LogP contribution in [0.5, 0.6) is 0 Å². The highest BCUT2D eigenvalue weighted by atomic mass is 16.5. The van der Waals surface area contributed by atoms with Gasteiger partial charge in [0.05, 0.1) is 37.6 Å². The highest BCUT2D eigenvalue weighted by Crippen LogP contribution is 2.42. The first-order valence-corrected chi connectivity index (χ1v) is 7.60. The van der Waals surface area contributed by atoms with Gasteiger partial charge >= 0.3 is 0 Å². The van der Waals surface area contributed by atoms with E-state index in [1.807, 2.05) is 0 Å². The van der Waals surface area contributed by atoms with E-state index in [1.54, 1.807) is 0 Å². The molecule has 0 aromatic rings. The van der Waals surface area contributed by atoms with Gasteiger partial charge in [-0.25, -0.2) is 0 Å². The monoisotopic (exact) mass is 265 g/mol. The fourth-order valence-corrected chi connectivity index (χ4v) is 4.16. The maximum atomic E-state index is 5.96.